The van der Waals surface area contributed by atoms with Gasteiger partial charge in [-0.15, -0.1) is 0 Å². The van der Waals surface area contributed by atoms with Crippen molar-refractivity contribution < 1.29 is 4.74 Å². The molecule has 0 aromatic carbocycles. The van der Waals surface area contributed by atoms with Crippen molar-refractivity contribution in [1.82, 2.24) is 5.32 Å². The summed E-state index contributed by atoms with van der Waals surface area (Å²) in [5.74, 6) is 1.59. The van der Waals surface area contributed by atoms with E-state index in [1.807, 2.05) is 0 Å². The van der Waals surface area contributed by atoms with Gasteiger partial charge in [-0.25, -0.2) is 0 Å². The van der Waals surface area contributed by atoms with E-state index in [1.54, 1.807) is 0 Å². The van der Waals surface area contributed by atoms with Crippen LogP contribution in [0.2, 0.25) is 0 Å². The Morgan fingerprint density at radius 1 is 1.06 bits per heavy atom. The number of nitrogens with one attached hydrogen (secondary N) is 1. The lowest BCUT2D eigenvalue weighted by atomic mass is 9.80. The van der Waals surface area contributed by atoms with Crippen LogP contribution in [0.5, 0.6) is 0 Å². The molecule has 100 valence electrons. The Bertz CT molecular complexity index is 228. The zero-order chi connectivity index (χ0) is 12.3. The third-order valence-corrected chi connectivity index (χ3v) is 4.27. The van der Waals surface area contributed by atoms with Crippen molar-refractivity contribution in [3.8, 4) is 0 Å². The highest BCUT2D eigenvalue weighted by Gasteiger charge is 2.35. The van der Waals surface area contributed by atoms with Crippen molar-refractivity contribution in [2.45, 2.75) is 70.9 Å². The van der Waals surface area contributed by atoms with Crippen molar-refractivity contribution in [3.63, 3.8) is 0 Å². The molecule has 1 saturated heterocycles. The molecule has 0 spiro atoms. The average molecular weight is 239 g/mol. The Morgan fingerprint density at radius 2 is 1.76 bits per heavy atom. The molecule has 1 saturated carbocycles. The highest BCUT2D eigenvalue weighted by atomic mass is 16.5. The predicted octanol–water partition coefficient (Wildman–Crippen LogP) is 3.36. The quantitative estimate of drug-likeness (QED) is 0.815. The molecule has 0 bridgehead atoms. The maximum Gasteiger partial charge on any atom is 0.0644 e. The van der Waals surface area contributed by atoms with E-state index in [2.05, 4.69) is 26.1 Å². The first kappa shape index (κ1) is 13.4. The highest BCUT2D eigenvalue weighted by molar-refractivity contribution is 4.86. The molecule has 1 heterocycles. The van der Waals surface area contributed by atoms with E-state index in [1.165, 1.54) is 38.5 Å². The van der Waals surface area contributed by atoms with Crippen molar-refractivity contribution >= 4 is 0 Å². The molecule has 0 aromatic heterocycles. The summed E-state index contributed by atoms with van der Waals surface area (Å²) in [4.78, 5) is 0. The Morgan fingerprint density at radius 3 is 2.41 bits per heavy atom. The molecular weight excluding hydrogens is 210 g/mol. The van der Waals surface area contributed by atoms with Crippen molar-refractivity contribution in [3.05, 3.63) is 0 Å². The molecule has 0 amide bonds. The van der Waals surface area contributed by atoms with Gasteiger partial charge in [-0.05, 0) is 46.0 Å². The lowest BCUT2D eigenvalue weighted by molar-refractivity contribution is 0.0258. The van der Waals surface area contributed by atoms with Gasteiger partial charge in [0.2, 0.25) is 0 Å². The van der Waals surface area contributed by atoms with E-state index in [0.29, 0.717) is 6.10 Å². The summed E-state index contributed by atoms with van der Waals surface area (Å²) in [5.41, 5.74) is 0.236. The standard InChI is InChI=1S/C15H29NO/c1-15(2,3)16-11-13-9-10-17-14(13)12-7-5-4-6-8-12/h12-14,16H,4-11H2,1-3H3. The first-order chi connectivity index (χ1) is 8.06. The van der Waals surface area contributed by atoms with E-state index in [-0.39, 0.29) is 5.54 Å². The van der Waals surface area contributed by atoms with E-state index >= 15 is 0 Å². The molecule has 0 radical (unpaired) electrons. The molecule has 1 N–H and O–H groups in total. The Balaban J connectivity index is 1.83. The summed E-state index contributed by atoms with van der Waals surface area (Å²) < 4.78 is 6.03. The minimum Gasteiger partial charge on any atom is -0.378 e. The molecule has 2 aliphatic rings. The summed E-state index contributed by atoms with van der Waals surface area (Å²) in [6.45, 7) is 8.86. The number of hydrogen-bond acceptors (Lipinski definition) is 2. The van der Waals surface area contributed by atoms with Crippen LogP contribution in [0.4, 0.5) is 0 Å². The number of hydrogen-bond donors (Lipinski definition) is 1. The van der Waals surface area contributed by atoms with Gasteiger partial charge >= 0.3 is 0 Å². The fourth-order valence-electron chi connectivity index (χ4n) is 3.30. The van der Waals surface area contributed by atoms with E-state index in [0.717, 1.165) is 25.0 Å². The van der Waals surface area contributed by atoms with Gasteiger partial charge < -0.3 is 10.1 Å². The molecule has 2 heteroatoms. The van der Waals surface area contributed by atoms with Crippen LogP contribution in [0.3, 0.4) is 0 Å². The van der Waals surface area contributed by atoms with E-state index < -0.39 is 0 Å². The first-order valence-corrected chi connectivity index (χ1v) is 7.43. The van der Waals surface area contributed by atoms with Crippen LogP contribution in [0, 0.1) is 11.8 Å². The van der Waals surface area contributed by atoms with Crippen molar-refractivity contribution in [2.24, 2.45) is 11.8 Å². The Hall–Kier alpha value is -0.0800. The van der Waals surface area contributed by atoms with Gasteiger partial charge in [-0.2, -0.15) is 0 Å². The third-order valence-electron chi connectivity index (χ3n) is 4.27. The maximum atomic E-state index is 6.03. The van der Waals surface area contributed by atoms with Gasteiger partial charge in [-0.1, -0.05) is 19.3 Å². The van der Waals surface area contributed by atoms with Gasteiger partial charge in [0.05, 0.1) is 6.10 Å². The van der Waals surface area contributed by atoms with Gasteiger partial charge in [0.15, 0.2) is 0 Å². The van der Waals surface area contributed by atoms with Crippen LogP contribution in [-0.2, 0) is 4.74 Å². The van der Waals surface area contributed by atoms with Gasteiger partial charge in [0, 0.05) is 24.6 Å². The SMILES string of the molecule is CC(C)(C)NCC1CCOC1C1CCCCC1. The molecule has 2 unspecified atom stereocenters. The van der Waals surface area contributed by atoms with Gasteiger partial charge in [0.1, 0.15) is 0 Å². The zero-order valence-corrected chi connectivity index (χ0v) is 11.8. The lowest BCUT2D eigenvalue weighted by Gasteiger charge is -2.32. The Kier molecular flexibility index (Phi) is 4.48. The summed E-state index contributed by atoms with van der Waals surface area (Å²) >= 11 is 0. The normalized spacial score (nSPS) is 31.9. The largest absolute Gasteiger partial charge is 0.378 e. The molecule has 2 nitrogen and oxygen atoms in total. The van der Waals surface area contributed by atoms with Crippen LogP contribution in [0.1, 0.15) is 59.3 Å². The second kappa shape index (κ2) is 5.71. The van der Waals surface area contributed by atoms with Gasteiger partial charge in [0.25, 0.3) is 0 Å². The minimum atomic E-state index is 0.236. The van der Waals surface area contributed by atoms with Crippen molar-refractivity contribution in [2.75, 3.05) is 13.2 Å². The smallest absolute Gasteiger partial charge is 0.0644 e. The molecule has 1 aliphatic carbocycles. The Labute approximate surface area is 107 Å². The highest BCUT2D eigenvalue weighted by Crippen LogP contribution is 2.35. The van der Waals surface area contributed by atoms with Gasteiger partial charge in [-0.3, -0.25) is 0 Å². The molecular formula is C15H29NO. The van der Waals surface area contributed by atoms with Crippen LogP contribution in [-0.4, -0.2) is 24.8 Å². The number of ether oxygens (including phenoxy) is 1. The molecule has 1 aliphatic heterocycles. The first-order valence-electron chi connectivity index (χ1n) is 7.43. The molecule has 2 fully saturated rings. The predicted molar refractivity (Wildman–Crippen MR) is 72.2 cm³/mol. The van der Waals surface area contributed by atoms with Crippen LogP contribution in [0.25, 0.3) is 0 Å². The van der Waals surface area contributed by atoms with E-state index in [9.17, 15) is 0 Å². The topological polar surface area (TPSA) is 21.3 Å². The fraction of sp³-hybridized carbons (Fsp3) is 1.00. The molecule has 0 aromatic rings. The summed E-state index contributed by atoms with van der Waals surface area (Å²) in [7, 11) is 0. The molecule has 17 heavy (non-hydrogen) atoms. The van der Waals surface area contributed by atoms with Crippen LogP contribution >= 0.6 is 0 Å². The molecule has 2 atom stereocenters. The average Bonchev–Trinajstić information content (AvgIpc) is 2.75. The second-order valence-electron chi connectivity index (χ2n) is 6.91. The maximum absolute atomic E-state index is 6.03. The zero-order valence-electron chi connectivity index (χ0n) is 11.8. The lowest BCUT2D eigenvalue weighted by Crippen LogP contribution is -2.42. The minimum absolute atomic E-state index is 0.236. The summed E-state index contributed by atoms with van der Waals surface area (Å²) in [6, 6.07) is 0. The monoisotopic (exact) mass is 239 g/mol. The third kappa shape index (κ3) is 3.96. The summed E-state index contributed by atoms with van der Waals surface area (Å²) in [5, 5.41) is 3.65. The van der Waals surface area contributed by atoms with E-state index in [4.69, 9.17) is 4.74 Å². The van der Waals surface area contributed by atoms with Crippen LogP contribution in [0.15, 0.2) is 0 Å². The van der Waals surface area contributed by atoms with Crippen LogP contribution < -0.4 is 5.32 Å². The summed E-state index contributed by atoms with van der Waals surface area (Å²) in [6.07, 6.45) is 8.88. The molecule has 2 rings (SSSR count). The fourth-order valence-corrected chi connectivity index (χ4v) is 3.30. The van der Waals surface area contributed by atoms with Crippen molar-refractivity contribution in [1.29, 1.82) is 0 Å². The second-order valence-corrected chi connectivity index (χ2v) is 6.91. The number of rotatable bonds is 3.